The van der Waals surface area contributed by atoms with Crippen LogP contribution in [0, 0.1) is 17.8 Å². The molecule has 16 heavy (non-hydrogen) atoms. The summed E-state index contributed by atoms with van der Waals surface area (Å²) in [5, 5.41) is 0. The Labute approximate surface area is 98.4 Å². The van der Waals surface area contributed by atoms with Gasteiger partial charge in [0.1, 0.15) is 0 Å². The molecule has 2 rings (SSSR count). The van der Waals surface area contributed by atoms with Crippen molar-refractivity contribution in [1.29, 1.82) is 0 Å². The standard InChI is InChI=1S/C16H18/c1-2-16(12-6-7-13-16)14-8-11-15-9-4-3-5-10-15/h1,3-5,8-11H,6-7,12-14H2/b11-8+. The van der Waals surface area contributed by atoms with Gasteiger partial charge in [0.15, 0.2) is 0 Å². The van der Waals surface area contributed by atoms with Crippen molar-refractivity contribution in [1.82, 2.24) is 0 Å². The number of allylic oxidation sites excluding steroid dienone is 1. The minimum Gasteiger partial charge on any atom is -0.120 e. The van der Waals surface area contributed by atoms with E-state index in [-0.39, 0.29) is 5.41 Å². The fraction of sp³-hybridized carbons (Fsp3) is 0.375. The summed E-state index contributed by atoms with van der Waals surface area (Å²) in [4.78, 5) is 0. The second-order valence-electron chi connectivity index (χ2n) is 4.65. The molecule has 0 heterocycles. The normalized spacial score (nSPS) is 18.7. The van der Waals surface area contributed by atoms with E-state index in [1.807, 2.05) is 6.07 Å². The van der Waals surface area contributed by atoms with Gasteiger partial charge in [-0.25, -0.2) is 0 Å². The van der Waals surface area contributed by atoms with Gasteiger partial charge in [0.05, 0.1) is 0 Å². The van der Waals surface area contributed by atoms with Crippen LogP contribution < -0.4 is 0 Å². The van der Waals surface area contributed by atoms with Gasteiger partial charge in [-0.3, -0.25) is 0 Å². The van der Waals surface area contributed by atoms with E-state index in [2.05, 4.69) is 42.3 Å². The molecule has 0 unspecified atom stereocenters. The third kappa shape index (κ3) is 2.55. The Bertz CT molecular complexity index is 386. The Morgan fingerprint density at radius 2 is 1.88 bits per heavy atom. The summed E-state index contributed by atoms with van der Waals surface area (Å²) < 4.78 is 0. The average molecular weight is 210 g/mol. The zero-order valence-corrected chi connectivity index (χ0v) is 9.65. The monoisotopic (exact) mass is 210 g/mol. The first-order chi connectivity index (χ1) is 7.85. The van der Waals surface area contributed by atoms with Crippen molar-refractivity contribution in [2.24, 2.45) is 5.41 Å². The predicted octanol–water partition coefficient (Wildman–Crippen LogP) is 4.28. The predicted molar refractivity (Wildman–Crippen MR) is 69.8 cm³/mol. The Kier molecular flexibility index (Phi) is 3.47. The summed E-state index contributed by atoms with van der Waals surface area (Å²) >= 11 is 0. The van der Waals surface area contributed by atoms with Crippen LogP contribution in [-0.4, -0.2) is 0 Å². The molecule has 0 aliphatic heterocycles. The van der Waals surface area contributed by atoms with E-state index in [0.29, 0.717) is 0 Å². The number of hydrogen-bond acceptors (Lipinski definition) is 0. The van der Waals surface area contributed by atoms with Crippen LogP contribution in [-0.2, 0) is 0 Å². The molecule has 1 aromatic carbocycles. The van der Waals surface area contributed by atoms with Crippen LogP contribution >= 0.6 is 0 Å². The van der Waals surface area contributed by atoms with E-state index in [1.54, 1.807) is 0 Å². The van der Waals surface area contributed by atoms with Crippen molar-refractivity contribution in [2.75, 3.05) is 0 Å². The molecule has 0 saturated heterocycles. The maximum atomic E-state index is 5.66. The van der Waals surface area contributed by atoms with Crippen LogP contribution in [0.3, 0.4) is 0 Å². The third-order valence-electron chi connectivity index (χ3n) is 3.49. The van der Waals surface area contributed by atoms with Gasteiger partial charge in [0.25, 0.3) is 0 Å². The van der Waals surface area contributed by atoms with E-state index in [9.17, 15) is 0 Å². The molecular formula is C16H18. The second-order valence-corrected chi connectivity index (χ2v) is 4.65. The maximum Gasteiger partial charge on any atom is 0.0346 e. The van der Waals surface area contributed by atoms with Crippen LogP contribution in [0.25, 0.3) is 6.08 Å². The van der Waals surface area contributed by atoms with Gasteiger partial charge in [-0.1, -0.05) is 61.2 Å². The summed E-state index contributed by atoms with van der Waals surface area (Å²) in [5.41, 5.74) is 1.42. The average Bonchev–Trinajstić information content (AvgIpc) is 2.80. The minimum atomic E-state index is 0.158. The fourth-order valence-electron chi connectivity index (χ4n) is 2.44. The van der Waals surface area contributed by atoms with Gasteiger partial charge in [0.2, 0.25) is 0 Å². The van der Waals surface area contributed by atoms with Gasteiger partial charge < -0.3 is 0 Å². The quantitative estimate of drug-likeness (QED) is 0.653. The first-order valence-electron chi connectivity index (χ1n) is 6.04. The molecule has 0 amide bonds. The summed E-state index contributed by atoms with van der Waals surface area (Å²) in [7, 11) is 0. The number of benzene rings is 1. The SMILES string of the molecule is C#CC1(C/C=C/c2ccccc2)CCCC1. The van der Waals surface area contributed by atoms with Crippen LogP contribution in [0.15, 0.2) is 36.4 Å². The van der Waals surface area contributed by atoms with E-state index in [4.69, 9.17) is 6.42 Å². The molecule has 0 atom stereocenters. The highest BCUT2D eigenvalue weighted by Crippen LogP contribution is 2.40. The summed E-state index contributed by atoms with van der Waals surface area (Å²) in [5.74, 6) is 3.01. The first kappa shape index (κ1) is 11.0. The number of hydrogen-bond donors (Lipinski definition) is 0. The van der Waals surface area contributed by atoms with Gasteiger partial charge in [-0.05, 0) is 24.8 Å². The Morgan fingerprint density at radius 1 is 1.19 bits per heavy atom. The number of terminal acetylenes is 1. The Hall–Kier alpha value is -1.48. The molecule has 82 valence electrons. The molecule has 0 bridgehead atoms. The highest BCUT2D eigenvalue weighted by atomic mass is 14.3. The van der Waals surface area contributed by atoms with E-state index < -0.39 is 0 Å². The van der Waals surface area contributed by atoms with Crippen molar-refractivity contribution in [3.63, 3.8) is 0 Å². The second kappa shape index (κ2) is 5.03. The molecular weight excluding hydrogens is 192 g/mol. The molecule has 1 saturated carbocycles. The summed E-state index contributed by atoms with van der Waals surface area (Å²) in [6.45, 7) is 0. The Morgan fingerprint density at radius 3 is 2.50 bits per heavy atom. The highest BCUT2D eigenvalue weighted by Gasteiger charge is 2.30. The Balaban J connectivity index is 1.97. The van der Waals surface area contributed by atoms with Crippen molar-refractivity contribution in [2.45, 2.75) is 32.1 Å². The summed E-state index contributed by atoms with van der Waals surface area (Å²) in [6.07, 6.45) is 16.1. The van der Waals surface area contributed by atoms with Crippen LogP contribution in [0.1, 0.15) is 37.7 Å². The van der Waals surface area contributed by atoms with E-state index in [1.165, 1.54) is 31.2 Å². The lowest BCUT2D eigenvalue weighted by Crippen LogP contribution is -2.11. The van der Waals surface area contributed by atoms with Crippen LogP contribution in [0.2, 0.25) is 0 Å². The molecule has 0 nitrogen and oxygen atoms in total. The van der Waals surface area contributed by atoms with E-state index >= 15 is 0 Å². The molecule has 0 aromatic heterocycles. The third-order valence-corrected chi connectivity index (χ3v) is 3.49. The molecule has 0 N–H and O–H groups in total. The number of rotatable bonds is 3. The van der Waals surface area contributed by atoms with Gasteiger partial charge >= 0.3 is 0 Å². The lowest BCUT2D eigenvalue weighted by molar-refractivity contribution is 0.424. The van der Waals surface area contributed by atoms with Crippen molar-refractivity contribution >= 4 is 6.08 Å². The molecule has 1 aliphatic rings. The lowest BCUT2D eigenvalue weighted by atomic mass is 9.83. The molecule has 1 aromatic rings. The lowest BCUT2D eigenvalue weighted by Gasteiger charge is -2.19. The van der Waals surface area contributed by atoms with Crippen LogP contribution in [0.4, 0.5) is 0 Å². The van der Waals surface area contributed by atoms with Crippen LogP contribution in [0.5, 0.6) is 0 Å². The highest BCUT2D eigenvalue weighted by molar-refractivity contribution is 5.48. The largest absolute Gasteiger partial charge is 0.120 e. The van der Waals surface area contributed by atoms with Crippen molar-refractivity contribution < 1.29 is 0 Å². The zero-order valence-electron chi connectivity index (χ0n) is 9.65. The van der Waals surface area contributed by atoms with Gasteiger partial charge in [-0.2, -0.15) is 0 Å². The molecule has 1 fully saturated rings. The summed E-state index contributed by atoms with van der Waals surface area (Å²) in [6, 6.07) is 10.4. The molecule has 1 aliphatic carbocycles. The molecule has 0 spiro atoms. The first-order valence-corrected chi connectivity index (χ1v) is 6.04. The maximum absolute atomic E-state index is 5.66. The zero-order chi connectivity index (χ0) is 11.3. The van der Waals surface area contributed by atoms with Gasteiger partial charge in [-0.15, -0.1) is 6.42 Å². The molecule has 0 heteroatoms. The van der Waals surface area contributed by atoms with E-state index in [0.717, 1.165) is 6.42 Å². The minimum absolute atomic E-state index is 0.158. The smallest absolute Gasteiger partial charge is 0.0346 e. The van der Waals surface area contributed by atoms with Crippen molar-refractivity contribution in [3.8, 4) is 12.3 Å². The fourth-order valence-corrected chi connectivity index (χ4v) is 2.44. The van der Waals surface area contributed by atoms with Crippen molar-refractivity contribution in [3.05, 3.63) is 42.0 Å². The molecule has 0 radical (unpaired) electrons. The topological polar surface area (TPSA) is 0 Å². The van der Waals surface area contributed by atoms with Gasteiger partial charge in [0, 0.05) is 5.41 Å².